The Morgan fingerprint density at radius 3 is 2.68 bits per heavy atom. The number of nitrogens with one attached hydrogen (secondary N) is 1. The van der Waals surface area contributed by atoms with Crippen LogP contribution < -0.4 is 10.2 Å². The molecule has 3 heterocycles. The molecule has 0 radical (unpaired) electrons. The van der Waals surface area contributed by atoms with Crippen molar-refractivity contribution >= 4 is 17.7 Å². The van der Waals surface area contributed by atoms with E-state index in [1.54, 1.807) is 30.5 Å². The van der Waals surface area contributed by atoms with Crippen LogP contribution in [-0.2, 0) is 4.74 Å². The summed E-state index contributed by atoms with van der Waals surface area (Å²) < 4.78 is 23.6. The zero-order valence-corrected chi connectivity index (χ0v) is 13.4. The lowest BCUT2D eigenvalue weighted by molar-refractivity contribution is 0.122. The van der Waals surface area contributed by atoms with Gasteiger partial charge >= 0.3 is 0 Å². The number of ether oxygens (including phenoxy) is 1. The van der Waals surface area contributed by atoms with Crippen LogP contribution in [0.1, 0.15) is 0 Å². The van der Waals surface area contributed by atoms with E-state index in [1.807, 2.05) is 0 Å². The van der Waals surface area contributed by atoms with Crippen molar-refractivity contribution in [2.24, 2.45) is 0 Å². The molecule has 7 nitrogen and oxygen atoms in total. The van der Waals surface area contributed by atoms with Crippen molar-refractivity contribution in [2.75, 3.05) is 36.5 Å². The van der Waals surface area contributed by atoms with E-state index in [1.165, 1.54) is 12.1 Å². The molecule has 0 saturated carbocycles. The van der Waals surface area contributed by atoms with Crippen LogP contribution in [-0.4, -0.2) is 41.4 Å². The summed E-state index contributed by atoms with van der Waals surface area (Å²) >= 11 is 0. The predicted molar refractivity (Wildman–Crippen MR) is 90.2 cm³/mol. The lowest BCUT2D eigenvalue weighted by Gasteiger charge is -2.26. The molecule has 25 heavy (non-hydrogen) atoms. The Bertz CT molecular complexity index is 846. The average Bonchev–Trinajstić information content (AvgIpc) is 3.12. The first-order chi connectivity index (χ1) is 12.3. The molecule has 0 spiro atoms. The molecular formula is C17H16FN5O2. The lowest BCUT2D eigenvalue weighted by Crippen LogP contribution is -2.37. The second-order valence-corrected chi connectivity index (χ2v) is 5.55. The zero-order chi connectivity index (χ0) is 17.1. The van der Waals surface area contributed by atoms with E-state index in [9.17, 15) is 4.39 Å². The molecule has 3 aromatic rings. The summed E-state index contributed by atoms with van der Waals surface area (Å²) in [6, 6.07) is 9.57. The molecule has 0 atom stereocenters. The van der Waals surface area contributed by atoms with Crippen LogP contribution in [0.5, 0.6) is 0 Å². The van der Waals surface area contributed by atoms with Crippen LogP contribution >= 0.6 is 0 Å². The Balaban J connectivity index is 1.50. The number of benzene rings is 1. The van der Waals surface area contributed by atoms with Gasteiger partial charge in [-0.15, -0.1) is 0 Å². The minimum Gasteiger partial charge on any atom is -0.378 e. The molecule has 2 aromatic heterocycles. The maximum Gasteiger partial charge on any atom is 0.230 e. The maximum atomic E-state index is 13.0. The molecule has 0 amide bonds. The predicted octanol–water partition coefficient (Wildman–Crippen LogP) is 2.85. The van der Waals surface area contributed by atoms with Gasteiger partial charge in [0.1, 0.15) is 17.3 Å². The Hall–Kier alpha value is -3.00. The number of anilines is 3. The van der Waals surface area contributed by atoms with E-state index < -0.39 is 0 Å². The second-order valence-electron chi connectivity index (χ2n) is 5.55. The van der Waals surface area contributed by atoms with Crippen LogP contribution in [0, 0.1) is 5.82 Å². The third-order valence-electron chi connectivity index (χ3n) is 3.84. The van der Waals surface area contributed by atoms with E-state index in [2.05, 4.69) is 25.3 Å². The number of halogens is 1. The van der Waals surface area contributed by atoms with Crippen molar-refractivity contribution in [3.8, 4) is 11.3 Å². The fraction of sp³-hybridized carbons (Fsp3) is 0.235. The summed E-state index contributed by atoms with van der Waals surface area (Å²) in [7, 11) is 0. The van der Waals surface area contributed by atoms with Gasteiger partial charge in [0.05, 0.1) is 13.2 Å². The molecular weight excluding hydrogens is 325 g/mol. The molecule has 0 bridgehead atoms. The van der Waals surface area contributed by atoms with Gasteiger partial charge in [-0.1, -0.05) is 5.16 Å². The van der Waals surface area contributed by atoms with Crippen molar-refractivity contribution in [2.45, 2.75) is 0 Å². The minimum atomic E-state index is -0.290. The summed E-state index contributed by atoms with van der Waals surface area (Å²) in [5.74, 6) is 1.41. The van der Waals surface area contributed by atoms with Crippen LogP contribution in [0.2, 0.25) is 0 Å². The van der Waals surface area contributed by atoms with Crippen LogP contribution in [0.3, 0.4) is 0 Å². The summed E-state index contributed by atoms with van der Waals surface area (Å²) in [6.07, 6.45) is 1.69. The molecule has 1 N–H and O–H groups in total. The maximum absolute atomic E-state index is 13.0. The summed E-state index contributed by atoms with van der Waals surface area (Å²) in [4.78, 5) is 10.9. The molecule has 128 valence electrons. The SMILES string of the molecule is Fc1ccc(-c2cc(Nc3ccnc(N4CCOCC4)n3)on2)cc1. The first-order valence-electron chi connectivity index (χ1n) is 7.93. The third-order valence-corrected chi connectivity index (χ3v) is 3.84. The molecule has 1 aliphatic heterocycles. The molecule has 1 saturated heterocycles. The van der Waals surface area contributed by atoms with Crippen molar-refractivity contribution in [3.63, 3.8) is 0 Å². The minimum absolute atomic E-state index is 0.290. The number of hydrogen-bond donors (Lipinski definition) is 1. The van der Waals surface area contributed by atoms with Gasteiger partial charge in [0.25, 0.3) is 0 Å². The Kier molecular flexibility index (Phi) is 4.26. The van der Waals surface area contributed by atoms with E-state index in [0.717, 1.165) is 18.7 Å². The van der Waals surface area contributed by atoms with Gasteiger partial charge < -0.3 is 19.5 Å². The van der Waals surface area contributed by atoms with Crippen molar-refractivity contribution in [1.29, 1.82) is 0 Å². The highest BCUT2D eigenvalue weighted by Gasteiger charge is 2.14. The summed E-state index contributed by atoms with van der Waals surface area (Å²) in [5.41, 5.74) is 1.39. The van der Waals surface area contributed by atoms with Gasteiger partial charge in [-0.25, -0.2) is 9.37 Å². The van der Waals surface area contributed by atoms with Crippen LogP contribution in [0.15, 0.2) is 47.1 Å². The van der Waals surface area contributed by atoms with Crippen molar-refractivity contribution in [1.82, 2.24) is 15.1 Å². The van der Waals surface area contributed by atoms with Gasteiger partial charge in [0, 0.05) is 30.9 Å². The first kappa shape index (κ1) is 15.5. The van der Waals surface area contributed by atoms with E-state index in [0.29, 0.717) is 36.6 Å². The third kappa shape index (κ3) is 3.58. The Morgan fingerprint density at radius 1 is 1.08 bits per heavy atom. The first-order valence-corrected chi connectivity index (χ1v) is 7.93. The fourth-order valence-corrected chi connectivity index (χ4v) is 2.55. The van der Waals surface area contributed by atoms with E-state index in [-0.39, 0.29) is 5.82 Å². The molecule has 1 fully saturated rings. The number of morpholine rings is 1. The summed E-state index contributed by atoms with van der Waals surface area (Å²) in [6.45, 7) is 2.87. The smallest absolute Gasteiger partial charge is 0.230 e. The van der Waals surface area contributed by atoms with Gasteiger partial charge in [0.2, 0.25) is 11.8 Å². The lowest BCUT2D eigenvalue weighted by atomic mass is 10.1. The molecule has 0 aliphatic carbocycles. The molecule has 1 aromatic carbocycles. The highest BCUT2D eigenvalue weighted by atomic mass is 19.1. The largest absolute Gasteiger partial charge is 0.378 e. The average molecular weight is 341 g/mol. The number of rotatable bonds is 4. The Labute approximate surface area is 143 Å². The monoisotopic (exact) mass is 341 g/mol. The number of hydrogen-bond acceptors (Lipinski definition) is 7. The fourth-order valence-electron chi connectivity index (χ4n) is 2.55. The Morgan fingerprint density at radius 2 is 1.88 bits per heavy atom. The molecule has 8 heteroatoms. The second kappa shape index (κ2) is 6.86. The highest BCUT2D eigenvalue weighted by molar-refractivity contribution is 5.63. The zero-order valence-electron chi connectivity index (χ0n) is 13.4. The summed E-state index contributed by atoms with van der Waals surface area (Å²) in [5, 5.41) is 7.07. The van der Waals surface area contributed by atoms with Crippen molar-refractivity contribution < 1.29 is 13.7 Å². The molecule has 0 unspecified atom stereocenters. The number of aromatic nitrogens is 3. The van der Waals surface area contributed by atoms with Gasteiger partial charge in [-0.05, 0) is 30.3 Å². The van der Waals surface area contributed by atoms with Gasteiger partial charge in [-0.3, -0.25) is 0 Å². The van der Waals surface area contributed by atoms with Crippen molar-refractivity contribution in [3.05, 3.63) is 48.4 Å². The van der Waals surface area contributed by atoms with Crippen LogP contribution in [0.4, 0.5) is 22.0 Å². The standard InChI is InChI=1S/C17H16FN5O2/c18-13-3-1-12(2-4-13)14-11-16(25-22-14)20-15-5-6-19-17(21-15)23-7-9-24-10-8-23/h1-6,11H,7-10H2,(H,19,20,21). The molecule has 1 aliphatic rings. The quantitative estimate of drug-likeness (QED) is 0.782. The number of nitrogens with zero attached hydrogens (tertiary/aromatic N) is 4. The topological polar surface area (TPSA) is 76.3 Å². The molecule has 4 rings (SSSR count). The van der Waals surface area contributed by atoms with E-state index in [4.69, 9.17) is 9.26 Å². The van der Waals surface area contributed by atoms with E-state index >= 15 is 0 Å². The normalized spacial score (nSPS) is 14.5. The highest BCUT2D eigenvalue weighted by Crippen LogP contribution is 2.24. The van der Waals surface area contributed by atoms with Crippen LogP contribution in [0.25, 0.3) is 11.3 Å². The van der Waals surface area contributed by atoms with Gasteiger partial charge in [-0.2, -0.15) is 4.98 Å². The van der Waals surface area contributed by atoms with Gasteiger partial charge in [0.15, 0.2) is 0 Å².